The zero-order valence-corrected chi connectivity index (χ0v) is 20.0. The number of carboxylic acid groups (broad SMARTS) is 1. The van der Waals surface area contributed by atoms with Crippen LogP contribution in [-0.2, 0) is 18.3 Å². The number of tetrazole rings is 1. The molecule has 0 bridgehead atoms. The van der Waals surface area contributed by atoms with E-state index in [1.165, 1.54) is 0 Å². The summed E-state index contributed by atoms with van der Waals surface area (Å²) in [7, 11) is 3.49. The third-order valence-electron chi connectivity index (χ3n) is 6.53. The number of anilines is 1. The Hall–Kier alpha value is -3.83. The van der Waals surface area contributed by atoms with E-state index in [1.54, 1.807) is 30.0 Å². The van der Waals surface area contributed by atoms with Crippen LogP contribution in [0.4, 0.5) is 5.69 Å². The number of nitrogens with zero attached hydrogens (tertiary/aromatic N) is 8. The molecule has 11 nitrogen and oxygen atoms in total. The van der Waals surface area contributed by atoms with E-state index in [2.05, 4.69) is 37.5 Å². The second kappa shape index (κ2) is 9.43. The van der Waals surface area contributed by atoms with Gasteiger partial charge in [0.1, 0.15) is 11.9 Å². The van der Waals surface area contributed by atoms with E-state index in [4.69, 9.17) is 9.72 Å². The third-order valence-corrected chi connectivity index (χ3v) is 6.53. The van der Waals surface area contributed by atoms with Crippen molar-refractivity contribution in [1.29, 1.82) is 0 Å². The number of fused-ring (bicyclic) bond motifs is 1. The molecule has 1 fully saturated rings. The fraction of sp³-hybridized carbons (Fsp3) is 0.375. The van der Waals surface area contributed by atoms with Crippen LogP contribution < -0.4 is 10.0 Å². The van der Waals surface area contributed by atoms with Gasteiger partial charge in [0.05, 0.1) is 23.5 Å². The first-order valence-corrected chi connectivity index (χ1v) is 11.5. The summed E-state index contributed by atoms with van der Waals surface area (Å²) < 4.78 is 9.31. The molecule has 1 aliphatic heterocycles. The molecule has 3 heterocycles. The van der Waals surface area contributed by atoms with Gasteiger partial charge in [-0.3, -0.25) is 9.47 Å². The average Bonchev–Trinajstić information content (AvgIpc) is 3.46. The van der Waals surface area contributed by atoms with Gasteiger partial charge in [0, 0.05) is 51.7 Å². The van der Waals surface area contributed by atoms with Gasteiger partial charge in [-0.15, -0.1) is 5.10 Å². The molecular formula is C24H27N8O3-. The van der Waals surface area contributed by atoms with Gasteiger partial charge in [-0.2, -0.15) is 0 Å². The standard InChI is InChI=1S/C24H28N8O3/c1-16(35-3)23-25-20-13-17(24(33)34)7-8-21(20)32(23)19-6-4-5-18(14-19)31-11-9-30(10-12-31)15-22-26-27-28-29(22)2/h4-8,13-14,16H,9-12,15H2,1-3H3,(H,33,34)/p-1. The van der Waals surface area contributed by atoms with Crippen molar-refractivity contribution in [3.8, 4) is 5.69 Å². The summed E-state index contributed by atoms with van der Waals surface area (Å²) >= 11 is 0. The predicted molar refractivity (Wildman–Crippen MR) is 127 cm³/mol. The molecule has 11 heteroatoms. The number of rotatable bonds is 7. The number of aryl methyl sites for hydroxylation is 1. The van der Waals surface area contributed by atoms with Crippen LogP contribution in [0.25, 0.3) is 16.7 Å². The molecule has 0 spiro atoms. The van der Waals surface area contributed by atoms with Crippen molar-refractivity contribution in [3.63, 3.8) is 0 Å². The van der Waals surface area contributed by atoms with Gasteiger partial charge >= 0.3 is 0 Å². The lowest BCUT2D eigenvalue weighted by Crippen LogP contribution is -2.46. The number of benzene rings is 2. The van der Waals surface area contributed by atoms with Crippen LogP contribution in [0.2, 0.25) is 0 Å². The van der Waals surface area contributed by atoms with Crippen molar-refractivity contribution >= 4 is 22.7 Å². The van der Waals surface area contributed by atoms with Crippen molar-refractivity contribution < 1.29 is 14.6 Å². The van der Waals surface area contributed by atoms with Gasteiger partial charge < -0.3 is 19.5 Å². The SMILES string of the molecule is COC(C)c1nc2cc(C(=O)[O-])ccc2n1-c1cccc(N2CCN(Cc3nnnn3C)CC2)c1. The minimum Gasteiger partial charge on any atom is -0.545 e. The molecule has 0 saturated carbocycles. The Bertz CT molecular complexity index is 1360. The minimum absolute atomic E-state index is 0.0995. The molecular weight excluding hydrogens is 448 g/mol. The maximum atomic E-state index is 11.4. The highest BCUT2D eigenvalue weighted by molar-refractivity contribution is 5.91. The minimum atomic E-state index is -1.22. The molecule has 1 unspecified atom stereocenters. The monoisotopic (exact) mass is 475 g/mol. The van der Waals surface area contributed by atoms with E-state index in [0.717, 1.165) is 55.4 Å². The average molecular weight is 476 g/mol. The molecule has 0 N–H and O–H groups in total. The highest BCUT2D eigenvalue weighted by Crippen LogP contribution is 2.29. The summed E-state index contributed by atoms with van der Waals surface area (Å²) in [6, 6.07) is 13.2. The molecule has 5 rings (SSSR count). The second-order valence-corrected chi connectivity index (χ2v) is 8.68. The Kier molecular flexibility index (Phi) is 6.18. The van der Waals surface area contributed by atoms with E-state index in [1.807, 2.05) is 30.7 Å². The molecule has 0 radical (unpaired) electrons. The van der Waals surface area contributed by atoms with Crippen molar-refractivity contribution in [1.82, 2.24) is 34.7 Å². The number of methoxy groups -OCH3 is 1. The summed E-state index contributed by atoms with van der Waals surface area (Å²) in [6.07, 6.45) is -0.281. The summed E-state index contributed by atoms with van der Waals surface area (Å²) in [5, 5.41) is 23.1. The van der Waals surface area contributed by atoms with E-state index < -0.39 is 5.97 Å². The molecule has 0 amide bonds. The number of hydrogen-bond acceptors (Lipinski definition) is 9. The predicted octanol–water partition coefficient (Wildman–Crippen LogP) is 0.942. The van der Waals surface area contributed by atoms with Crippen LogP contribution in [0.3, 0.4) is 0 Å². The highest BCUT2D eigenvalue weighted by Gasteiger charge is 2.21. The Morgan fingerprint density at radius 2 is 1.89 bits per heavy atom. The first-order chi connectivity index (χ1) is 16.9. The summed E-state index contributed by atoms with van der Waals surface area (Å²) in [5.41, 5.74) is 3.56. The fourth-order valence-corrected chi connectivity index (χ4v) is 4.45. The fourth-order valence-electron chi connectivity index (χ4n) is 4.45. The van der Waals surface area contributed by atoms with Crippen LogP contribution in [0.5, 0.6) is 0 Å². The lowest BCUT2D eigenvalue weighted by atomic mass is 10.2. The molecule has 0 aliphatic carbocycles. The summed E-state index contributed by atoms with van der Waals surface area (Å²) in [4.78, 5) is 20.8. The van der Waals surface area contributed by atoms with Crippen LogP contribution >= 0.6 is 0 Å². The number of carbonyl (C=O) groups is 1. The zero-order chi connectivity index (χ0) is 24.5. The molecule has 35 heavy (non-hydrogen) atoms. The normalized spacial score (nSPS) is 15.6. The summed E-state index contributed by atoms with van der Waals surface area (Å²) in [5.74, 6) is 0.339. The number of carbonyl (C=O) groups excluding carboxylic acids is 1. The van der Waals surface area contributed by atoms with Gasteiger partial charge in [-0.25, -0.2) is 9.67 Å². The number of imidazole rings is 1. The topological polar surface area (TPSA) is 117 Å². The number of carboxylic acids is 1. The number of aromatic nitrogens is 6. The van der Waals surface area contributed by atoms with Gasteiger partial charge in [0.25, 0.3) is 0 Å². The first kappa shape index (κ1) is 22.9. The van der Waals surface area contributed by atoms with Crippen LogP contribution in [0, 0.1) is 0 Å². The zero-order valence-electron chi connectivity index (χ0n) is 20.0. The van der Waals surface area contributed by atoms with Gasteiger partial charge in [-0.05, 0) is 53.2 Å². The third kappa shape index (κ3) is 4.47. The van der Waals surface area contributed by atoms with Crippen molar-refractivity contribution in [2.75, 3.05) is 38.2 Å². The van der Waals surface area contributed by atoms with E-state index in [-0.39, 0.29) is 11.7 Å². The second-order valence-electron chi connectivity index (χ2n) is 8.68. The quantitative estimate of drug-likeness (QED) is 0.385. The number of hydrogen-bond donors (Lipinski definition) is 0. The van der Waals surface area contributed by atoms with Crippen molar-refractivity contribution in [2.45, 2.75) is 19.6 Å². The Morgan fingerprint density at radius 3 is 2.57 bits per heavy atom. The van der Waals surface area contributed by atoms with E-state index in [0.29, 0.717) is 11.3 Å². The van der Waals surface area contributed by atoms with Crippen LogP contribution in [0.15, 0.2) is 42.5 Å². The molecule has 182 valence electrons. The van der Waals surface area contributed by atoms with E-state index in [9.17, 15) is 9.90 Å². The molecule has 1 aliphatic rings. The summed E-state index contributed by atoms with van der Waals surface area (Å²) in [6.45, 7) is 6.23. The molecule has 1 atom stereocenters. The Labute approximate surface area is 202 Å². The van der Waals surface area contributed by atoms with E-state index >= 15 is 0 Å². The number of ether oxygens (including phenoxy) is 1. The van der Waals surface area contributed by atoms with Crippen molar-refractivity contribution in [2.24, 2.45) is 7.05 Å². The van der Waals surface area contributed by atoms with Crippen LogP contribution in [0.1, 0.15) is 35.0 Å². The Morgan fingerprint density at radius 1 is 1.11 bits per heavy atom. The molecule has 2 aromatic carbocycles. The van der Waals surface area contributed by atoms with Gasteiger partial charge in [0.15, 0.2) is 5.82 Å². The van der Waals surface area contributed by atoms with Crippen molar-refractivity contribution in [3.05, 3.63) is 59.7 Å². The largest absolute Gasteiger partial charge is 0.545 e. The number of piperazine rings is 1. The molecule has 4 aromatic rings. The number of aromatic carboxylic acids is 1. The highest BCUT2D eigenvalue weighted by atomic mass is 16.5. The maximum absolute atomic E-state index is 11.4. The molecule has 2 aromatic heterocycles. The first-order valence-electron chi connectivity index (χ1n) is 11.5. The lowest BCUT2D eigenvalue weighted by Gasteiger charge is -2.36. The smallest absolute Gasteiger partial charge is 0.164 e. The molecule has 1 saturated heterocycles. The van der Waals surface area contributed by atoms with Gasteiger partial charge in [-0.1, -0.05) is 12.1 Å². The lowest BCUT2D eigenvalue weighted by molar-refractivity contribution is -0.255. The van der Waals surface area contributed by atoms with Gasteiger partial charge in [0.2, 0.25) is 0 Å². The Balaban J connectivity index is 1.42. The van der Waals surface area contributed by atoms with Crippen LogP contribution in [-0.4, -0.2) is 73.9 Å². The maximum Gasteiger partial charge on any atom is 0.164 e.